The van der Waals surface area contributed by atoms with Crippen LogP contribution in [0.1, 0.15) is 86.0 Å². The Morgan fingerprint density at radius 2 is 1.61 bits per heavy atom. The molecule has 10 nitrogen and oxygen atoms in total. The predicted molar refractivity (Wildman–Crippen MR) is 149 cm³/mol. The van der Waals surface area contributed by atoms with E-state index in [4.69, 9.17) is 9.57 Å². The summed E-state index contributed by atoms with van der Waals surface area (Å²) in [5, 5.41) is 4.70. The van der Waals surface area contributed by atoms with Gasteiger partial charge in [-0.1, -0.05) is 45.1 Å². The molecule has 0 spiro atoms. The van der Waals surface area contributed by atoms with Crippen LogP contribution in [0.25, 0.3) is 0 Å². The van der Waals surface area contributed by atoms with E-state index in [0.29, 0.717) is 19.4 Å². The molecule has 0 saturated carbocycles. The van der Waals surface area contributed by atoms with E-state index >= 15 is 0 Å². The highest BCUT2D eigenvalue weighted by molar-refractivity contribution is 8.04. The van der Waals surface area contributed by atoms with E-state index in [-0.39, 0.29) is 34.4 Å². The number of carbonyl (C=O) groups excluding carboxylic acids is 1. The Bertz CT molecular complexity index is 1120. The fraction of sp³-hybridized carbons (Fsp3) is 0.731. The lowest BCUT2D eigenvalue weighted by atomic mass is 9.80. The molecule has 12 heteroatoms. The summed E-state index contributed by atoms with van der Waals surface area (Å²) in [7, 11) is -8.27. The van der Waals surface area contributed by atoms with Gasteiger partial charge in [0.25, 0.3) is 10.0 Å². The summed E-state index contributed by atoms with van der Waals surface area (Å²) < 4.78 is 54.8. The first-order valence-corrected chi connectivity index (χ1v) is 16.6. The number of hydroxylamine groups is 2. The van der Waals surface area contributed by atoms with Crippen LogP contribution in [0.2, 0.25) is 0 Å². The molecule has 0 aliphatic carbocycles. The Morgan fingerprint density at radius 1 is 1.00 bits per heavy atom. The Kier molecular flexibility index (Phi) is 11.7. The van der Waals surface area contributed by atoms with Crippen molar-refractivity contribution in [3.63, 3.8) is 0 Å². The zero-order valence-electron chi connectivity index (χ0n) is 23.6. The van der Waals surface area contributed by atoms with Gasteiger partial charge in [0.1, 0.15) is 6.61 Å². The summed E-state index contributed by atoms with van der Waals surface area (Å²) in [5.74, 6) is -0.437. The lowest BCUT2D eigenvalue weighted by molar-refractivity contribution is -0.294. The van der Waals surface area contributed by atoms with Crippen LogP contribution in [0.15, 0.2) is 29.2 Å². The van der Waals surface area contributed by atoms with E-state index in [2.05, 4.69) is 45.0 Å². The molecular formula is C26H45N3O7S2. The van der Waals surface area contributed by atoms with Crippen molar-refractivity contribution in [2.24, 2.45) is 0 Å². The minimum atomic E-state index is -4.29. The maximum atomic E-state index is 12.6. The van der Waals surface area contributed by atoms with Crippen LogP contribution in [-0.2, 0) is 34.4 Å². The van der Waals surface area contributed by atoms with Crippen LogP contribution in [0.4, 0.5) is 5.69 Å². The van der Waals surface area contributed by atoms with Crippen molar-refractivity contribution in [3.8, 4) is 0 Å². The van der Waals surface area contributed by atoms with Gasteiger partial charge in [-0.3, -0.25) is 9.63 Å². The molecule has 1 heterocycles. The molecule has 0 radical (unpaired) electrons. The highest BCUT2D eigenvalue weighted by Gasteiger charge is 2.47. The molecule has 1 saturated heterocycles. The largest absolute Gasteiger partial charge is 0.368 e. The average Bonchev–Trinajstić information content (AvgIpc) is 2.76. The second-order valence-corrected chi connectivity index (χ2v) is 15.0. The molecule has 0 atom stereocenters. The number of sulfonamides is 2. The minimum absolute atomic E-state index is 0.162. The second kappa shape index (κ2) is 13.7. The molecule has 1 aliphatic rings. The maximum absolute atomic E-state index is 12.6. The Labute approximate surface area is 228 Å². The molecule has 0 aromatic heterocycles. The van der Waals surface area contributed by atoms with E-state index in [1.165, 1.54) is 56.4 Å². The number of anilines is 1. The number of hydrogen-bond donors (Lipinski definition) is 2. The van der Waals surface area contributed by atoms with E-state index in [0.717, 1.165) is 12.7 Å². The fourth-order valence-electron chi connectivity index (χ4n) is 5.06. The van der Waals surface area contributed by atoms with Crippen molar-refractivity contribution in [2.75, 3.05) is 24.8 Å². The lowest BCUT2D eigenvalue weighted by Gasteiger charge is -2.53. The van der Waals surface area contributed by atoms with Gasteiger partial charge in [-0.15, -0.1) is 4.13 Å². The predicted octanol–water partition coefficient (Wildman–Crippen LogP) is 4.19. The smallest absolute Gasteiger partial charge is 0.253 e. The molecule has 1 aromatic carbocycles. The van der Waals surface area contributed by atoms with Gasteiger partial charge < -0.3 is 10.1 Å². The van der Waals surface area contributed by atoms with Gasteiger partial charge in [-0.2, -0.15) is 5.06 Å². The maximum Gasteiger partial charge on any atom is 0.253 e. The summed E-state index contributed by atoms with van der Waals surface area (Å²) >= 11 is 0. The summed E-state index contributed by atoms with van der Waals surface area (Å²) in [4.78, 5) is 18.5. The van der Waals surface area contributed by atoms with Crippen molar-refractivity contribution in [1.82, 2.24) is 9.19 Å². The van der Waals surface area contributed by atoms with Crippen LogP contribution in [0.3, 0.4) is 0 Å². The van der Waals surface area contributed by atoms with Gasteiger partial charge in [0, 0.05) is 16.8 Å². The number of hydrogen-bond acceptors (Lipinski definition) is 8. The highest BCUT2D eigenvalue weighted by Crippen LogP contribution is 2.39. The number of nitrogens with zero attached hydrogens (tertiary/aromatic N) is 1. The van der Waals surface area contributed by atoms with E-state index in [9.17, 15) is 21.6 Å². The topological polar surface area (TPSA) is 131 Å². The van der Waals surface area contributed by atoms with Gasteiger partial charge in [0.2, 0.25) is 15.9 Å². The molecule has 0 unspecified atom stereocenters. The molecule has 1 aliphatic heterocycles. The van der Waals surface area contributed by atoms with Crippen molar-refractivity contribution in [1.29, 1.82) is 0 Å². The number of unbranched alkanes of at least 4 members (excludes halogenated alkanes) is 5. The van der Waals surface area contributed by atoms with Gasteiger partial charge in [-0.05, 0) is 65.2 Å². The van der Waals surface area contributed by atoms with Crippen molar-refractivity contribution in [3.05, 3.63) is 24.3 Å². The minimum Gasteiger partial charge on any atom is -0.368 e. The number of piperidine rings is 1. The monoisotopic (exact) mass is 575 g/mol. The Hall–Kier alpha value is -1.57. The summed E-state index contributed by atoms with van der Waals surface area (Å²) in [6.45, 7) is 11.1. The van der Waals surface area contributed by atoms with Crippen molar-refractivity contribution >= 4 is 31.6 Å². The van der Waals surface area contributed by atoms with Crippen LogP contribution in [0.5, 0.6) is 0 Å². The van der Waals surface area contributed by atoms with E-state index < -0.39 is 26.0 Å². The van der Waals surface area contributed by atoms with Gasteiger partial charge >= 0.3 is 0 Å². The van der Waals surface area contributed by atoms with E-state index in [1.54, 1.807) is 4.13 Å². The first-order valence-electron chi connectivity index (χ1n) is 13.2. The zero-order chi connectivity index (χ0) is 28.6. The Balaban J connectivity index is 1.89. The SMILES string of the molecule is CCCCCCCCON1C(C)(C)CC(OCC(=O)Nc2cccc(S(=O)(=O)NS(C)(=O)=O)c2)CC1(C)C. The average molecular weight is 576 g/mol. The summed E-state index contributed by atoms with van der Waals surface area (Å²) in [5.41, 5.74) is -0.366. The third kappa shape index (κ3) is 10.5. The van der Waals surface area contributed by atoms with Crippen LogP contribution in [-0.4, -0.2) is 64.5 Å². The quantitative estimate of drug-likeness (QED) is 0.298. The van der Waals surface area contributed by atoms with Crippen LogP contribution in [0, 0.1) is 0 Å². The number of amides is 1. The first-order chi connectivity index (χ1) is 17.6. The zero-order valence-corrected chi connectivity index (χ0v) is 25.2. The number of carbonyl (C=O) groups is 1. The number of benzene rings is 1. The number of nitrogens with one attached hydrogen (secondary N) is 2. The third-order valence-corrected chi connectivity index (χ3v) is 9.37. The second-order valence-electron chi connectivity index (χ2n) is 11.3. The molecule has 218 valence electrons. The molecule has 0 bridgehead atoms. The van der Waals surface area contributed by atoms with Gasteiger partial charge in [0.15, 0.2) is 0 Å². The fourth-order valence-corrected chi connectivity index (χ4v) is 7.58. The number of rotatable bonds is 15. The summed E-state index contributed by atoms with van der Waals surface area (Å²) in [6.07, 6.45) is 9.18. The lowest BCUT2D eigenvalue weighted by Crippen LogP contribution is -2.62. The molecule has 1 amide bonds. The molecule has 2 N–H and O–H groups in total. The van der Waals surface area contributed by atoms with Crippen molar-refractivity contribution < 1.29 is 31.2 Å². The highest BCUT2D eigenvalue weighted by atomic mass is 32.3. The Morgan fingerprint density at radius 3 is 2.21 bits per heavy atom. The van der Waals surface area contributed by atoms with Gasteiger partial charge in [-0.25, -0.2) is 16.8 Å². The standard InChI is InChI=1S/C26H45N3O7S2/c1-7-8-9-10-11-12-16-36-29-25(2,3)18-22(19-26(29,4)5)35-20-24(30)27-21-14-13-15-23(17-21)38(33,34)28-37(6,31)32/h13-15,17,22,28H,7-12,16,18-20H2,1-6H3,(H,27,30). The van der Waals surface area contributed by atoms with Crippen molar-refractivity contribution in [2.45, 2.75) is 108 Å². The normalized spacial score (nSPS) is 18.4. The van der Waals surface area contributed by atoms with Crippen LogP contribution < -0.4 is 9.44 Å². The molecule has 1 aromatic rings. The molecule has 2 rings (SSSR count). The molecule has 1 fully saturated rings. The summed E-state index contributed by atoms with van der Waals surface area (Å²) in [6, 6.07) is 5.37. The third-order valence-electron chi connectivity index (χ3n) is 6.41. The number of ether oxygens (including phenoxy) is 1. The first kappa shape index (κ1) is 32.6. The van der Waals surface area contributed by atoms with Gasteiger partial charge in [0.05, 0.1) is 23.9 Å². The van der Waals surface area contributed by atoms with E-state index in [1.807, 2.05) is 0 Å². The molecule has 38 heavy (non-hydrogen) atoms. The van der Waals surface area contributed by atoms with Crippen LogP contribution >= 0.6 is 0 Å². The molecular weight excluding hydrogens is 530 g/mol.